The zero-order chi connectivity index (χ0) is 11.9. The molecule has 0 heterocycles. The Balaban J connectivity index is 0. The second-order valence-corrected chi connectivity index (χ2v) is 3.62. The number of thioether (sulfide) groups is 1. The van der Waals surface area contributed by atoms with Gasteiger partial charge in [0.1, 0.15) is 0 Å². The SMILES string of the molecule is C.CC.CCc1ccccc1SC(F)(F)F. The van der Waals surface area contributed by atoms with Gasteiger partial charge in [-0.25, -0.2) is 0 Å². The maximum atomic E-state index is 12.0. The maximum Gasteiger partial charge on any atom is 0.446 e. The lowest BCUT2D eigenvalue weighted by Gasteiger charge is -2.08. The first-order valence-corrected chi connectivity index (χ1v) is 5.68. The third kappa shape index (κ3) is 6.77. The zero-order valence-corrected chi connectivity index (χ0v) is 9.88. The summed E-state index contributed by atoms with van der Waals surface area (Å²) in [5.74, 6) is 0. The normalized spacial score (nSPS) is 9.88. The summed E-state index contributed by atoms with van der Waals surface area (Å²) in [5.41, 5.74) is -3.45. The molecule has 4 heteroatoms. The fourth-order valence-electron chi connectivity index (χ4n) is 1.02. The largest absolute Gasteiger partial charge is 0.446 e. The summed E-state index contributed by atoms with van der Waals surface area (Å²) in [6.45, 7) is 5.84. The molecule has 1 aromatic rings. The van der Waals surface area contributed by atoms with E-state index in [-0.39, 0.29) is 19.2 Å². The molecule has 1 rings (SSSR count). The number of aryl methyl sites for hydroxylation is 1. The summed E-state index contributed by atoms with van der Waals surface area (Å²) < 4.78 is 36.1. The topological polar surface area (TPSA) is 0 Å². The number of hydrogen-bond donors (Lipinski definition) is 0. The van der Waals surface area contributed by atoms with Crippen LogP contribution in [0.5, 0.6) is 0 Å². The van der Waals surface area contributed by atoms with E-state index in [1.807, 2.05) is 20.8 Å². The van der Waals surface area contributed by atoms with Crippen LogP contribution in [0.15, 0.2) is 29.2 Å². The summed E-state index contributed by atoms with van der Waals surface area (Å²) in [4.78, 5) is 0.303. The summed E-state index contributed by atoms with van der Waals surface area (Å²) in [7, 11) is 0. The molecule has 0 spiro atoms. The Hall–Kier alpha value is -0.640. The van der Waals surface area contributed by atoms with Gasteiger partial charge in [-0.05, 0) is 29.8 Å². The smallest absolute Gasteiger partial charge is 0.160 e. The van der Waals surface area contributed by atoms with Crippen molar-refractivity contribution in [1.82, 2.24) is 0 Å². The summed E-state index contributed by atoms with van der Waals surface area (Å²) in [5, 5.41) is 0. The highest BCUT2D eigenvalue weighted by Gasteiger charge is 2.29. The van der Waals surface area contributed by atoms with Gasteiger partial charge in [0.05, 0.1) is 0 Å². The highest BCUT2D eigenvalue weighted by Crippen LogP contribution is 2.38. The van der Waals surface area contributed by atoms with E-state index in [2.05, 4.69) is 0 Å². The lowest BCUT2D eigenvalue weighted by atomic mass is 10.2. The molecule has 0 aliphatic carbocycles. The molecule has 0 bridgehead atoms. The van der Waals surface area contributed by atoms with E-state index in [4.69, 9.17) is 0 Å². The minimum absolute atomic E-state index is 0. The van der Waals surface area contributed by atoms with Crippen LogP contribution in [0.3, 0.4) is 0 Å². The van der Waals surface area contributed by atoms with Crippen LogP contribution in [-0.2, 0) is 6.42 Å². The number of benzene rings is 1. The molecule has 1 aromatic carbocycles. The first kappa shape index (κ1) is 17.7. The molecule has 0 nitrogen and oxygen atoms in total. The zero-order valence-electron chi connectivity index (χ0n) is 9.06. The van der Waals surface area contributed by atoms with E-state index in [1.54, 1.807) is 18.2 Å². The second-order valence-electron chi connectivity index (χ2n) is 2.51. The Labute approximate surface area is 100 Å². The van der Waals surface area contributed by atoms with Crippen molar-refractivity contribution < 1.29 is 13.2 Å². The molecular formula is C12H19F3S. The molecule has 0 saturated carbocycles. The van der Waals surface area contributed by atoms with Crippen molar-refractivity contribution in [2.45, 2.75) is 45.0 Å². The molecule has 0 atom stereocenters. The molecule has 0 radical (unpaired) electrons. The highest BCUT2D eigenvalue weighted by atomic mass is 32.2. The standard InChI is InChI=1S/C9H9F3S.C2H6.CH4/c1-2-7-5-3-4-6-8(7)13-9(10,11)12;1-2;/h3-6H,2H2,1H3;1-2H3;1H4. The van der Waals surface area contributed by atoms with Gasteiger partial charge in [0, 0.05) is 4.90 Å². The Morgan fingerprint density at radius 2 is 1.62 bits per heavy atom. The summed E-state index contributed by atoms with van der Waals surface area (Å²) in [6.07, 6.45) is 0.624. The summed E-state index contributed by atoms with van der Waals surface area (Å²) >= 11 is -0.0481. The highest BCUT2D eigenvalue weighted by molar-refractivity contribution is 8.00. The number of alkyl halides is 3. The lowest BCUT2D eigenvalue weighted by molar-refractivity contribution is -0.0328. The van der Waals surface area contributed by atoms with Crippen molar-refractivity contribution in [3.8, 4) is 0 Å². The summed E-state index contributed by atoms with van der Waals surface area (Å²) in [6, 6.07) is 6.58. The van der Waals surface area contributed by atoms with Crippen molar-refractivity contribution in [3.05, 3.63) is 29.8 Å². The predicted molar refractivity (Wildman–Crippen MR) is 65.8 cm³/mol. The van der Waals surface area contributed by atoms with Gasteiger partial charge in [0.15, 0.2) is 0 Å². The fraction of sp³-hybridized carbons (Fsp3) is 0.500. The van der Waals surface area contributed by atoms with Gasteiger partial charge in [-0.15, -0.1) is 0 Å². The molecule has 0 unspecified atom stereocenters. The van der Waals surface area contributed by atoms with Crippen LogP contribution < -0.4 is 0 Å². The van der Waals surface area contributed by atoms with Crippen LogP contribution in [0.2, 0.25) is 0 Å². The van der Waals surface area contributed by atoms with Crippen LogP contribution in [0.25, 0.3) is 0 Å². The lowest BCUT2D eigenvalue weighted by Crippen LogP contribution is -2.00. The van der Waals surface area contributed by atoms with Crippen LogP contribution in [0.4, 0.5) is 13.2 Å². The number of halogens is 3. The van der Waals surface area contributed by atoms with E-state index < -0.39 is 5.51 Å². The Morgan fingerprint density at radius 3 is 2.06 bits per heavy atom. The van der Waals surface area contributed by atoms with Crippen LogP contribution >= 0.6 is 11.8 Å². The molecule has 0 aliphatic heterocycles. The molecular weight excluding hydrogens is 233 g/mol. The number of rotatable bonds is 2. The van der Waals surface area contributed by atoms with E-state index in [0.717, 1.165) is 5.56 Å². The van der Waals surface area contributed by atoms with Gasteiger partial charge >= 0.3 is 5.51 Å². The molecule has 0 amide bonds. The van der Waals surface area contributed by atoms with Crippen LogP contribution in [0, 0.1) is 0 Å². The average Bonchev–Trinajstić information content (AvgIpc) is 2.19. The quantitative estimate of drug-likeness (QED) is 0.624. The Morgan fingerprint density at radius 1 is 1.12 bits per heavy atom. The molecule has 0 N–H and O–H groups in total. The fourth-order valence-corrected chi connectivity index (χ4v) is 1.76. The van der Waals surface area contributed by atoms with Crippen molar-refractivity contribution in [3.63, 3.8) is 0 Å². The minimum Gasteiger partial charge on any atom is -0.160 e. The van der Waals surface area contributed by atoms with Gasteiger partial charge in [0.25, 0.3) is 0 Å². The van der Waals surface area contributed by atoms with Crippen molar-refractivity contribution in [2.24, 2.45) is 0 Å². The van der Waals surface area contributed by atoms with E-state index in [0.29, 0.717) is 11.3 Å². The molecule has 0 fully saturated rings. The van der Waals surface area contributed by atoms with Crippen molar-refractivity contribution >= 4 is 11.8 Å². The van der Waals surface area contributed by atoms with Crippen LogP contribution in [-0.4, -0.2) is 5.51 Å². The van der Waals surface area contributed by atoms with Gasteiger partial charge in [0.2, 0.25) is 0 Å². The first-order valence-electron chi connectivity index (χ1n) is 4.86. The van der Waals surface area contributed by atoms with Gasteiger partial charge in [-0.2, -0.15) is 13.2 Å². The monoisotopic (exact) mass is 252 g/mol. The Bertz CT molecular complexity index is 282. The van der Waals surface area contributed by atoms with E-state index >= 15 is 0 Å². The van der Waals surface area contributed by atoms with Gasteiger partial charge in [-0.3, -0.25) is 0 Å². The first-order chi connectivity index (χ1) is 7.03. The Kier molecular flexibility index (Phi) is 9.43. The second kappa shape index (κ2) is 8.50. The van der Waals surface area contributed by atoms with Crippen molar-refractivity contribution in [1.29, 1.82) is 0 Å². The predicted octanol–water partition coefficient (Wildman–Crippen LogP) is 5.52. The molecule has 94 valence electrons. The average molecular weight is 252 g/mol. The third-order valence-corrected chi connectivity index (χ3v) is 2.43. The van der Waals surface area contributed by atoms with E-state index in [1.165, 1.54) is 6.07 Å². The molecule has 0 saturated heterocycles. The van der Waals surface area contributed by atoms with Gasteiger partial charge in [-0.1, -0.05) is 46.4 Å². The maximum absolute atomic E-state index is 12.0. The van der Waals surface area contributed by atoms with Crippen LogP contribution in [0.1, 0.15) is 33.8 Å². The van der Waals surface area contributed by atoms with Crippen molar-refractivity contribution in [2.75, 3.05) is 0 Å². The van der Waals surface area contributed by atoms with E-state index in [9.17, 15) is 13.2 Å². The van der Waals surface area contributed by atoms with Gasteiger partial charge < -0.3 is 0 Å². The molecule has 0 aliphatic rings. The number of hydrogen-bond acceptors (Lipinski definition) is 1. The molecule has 16 heavy (non-hydrogen) atoms. The minimum atomic E-state index is -4.19. The molecule has 0 aromatic heterocycles. The third-order valence-electron chi connectivity index (χ3n) is 1.58.